The Hall–Kier alpha value is -2.28. The van der Waals surface area contributed by atoms with Crippen LogP contribution in [0.25, 0.3) is 16.5 Å². The van der Waals surface area contributed by atoms with Crippen molar-refractivity contribution in [3.05, 3.63) is 78.5 Å². The number of aromatic nitrogens is 1. The number of H-pyrrole nitrogens is 1. The summed E-state index contributed by atoms with van der Waals surface area (Å²) in [5.74, 6) is 0.320. The van der Waals surface area contributed by atoms with Crippen molar-refractivity contribution in [1.29, 1.82) is 0 Å². The third kappa shape index (κ3) is 2.08. The minimum Gasteiger partial charge on any atom is -0.361 e. The van der Waals surface area contributed by atoms with Gasteiger partial charge >= 0.3 is 0 Å². The molecule has 0 aliphatic rings. The molecule has 0 radical (unpaired) electrons. The molecule has 1 N–H and O–H groups in total. The summed E-state index contributed by atoms with van der Waals surface area (Å²) in [6.45, 7) is 6.51. The van der Waals surface area contributed by atoms with Crippen molar-refractivity contribution >= 4 is 16.5 Å². The first-order chi connectivity index (χ1) is 9.27. The Bertz CT molecular complexity index is 707. The Morgan fingerprint density at radius 2 is 1.68 bits per heavy atom. The highest BCUT2D eigenvalue weighted by atomic mass is 14.7. The number of rotatable bonds is 3. The van der Waals surface area contributed by atoms with Crippen LogP contribution in [0, 0.1) is 0 Å². The van der Waals surface area contributed by atoms with Gasteiger partial charge in [0.2, 0.25) is 0 Å². The van der Waals surface area contributed by atoms with Crippen LogP contribution in [-0.2, 0) is 0 Å². The summed E-state index contributed by atoms with van der Waals surface area (Å²) < 4.78 is 0. The van der Waals surface area contributed by atoms with E-state index >= 15 is 0 Å². The van der Waals surface area contributed by atoms with E-state index in [1.165, 1.54) is 22.0 Å². The summed E-state index contributed by atoms with van der Waals surface area (Å²) in [5, 5.41) is 1.25. The minimum atomic E-state index is 0.320. The lowest BCUT2D eigenvalue weighted by molar-refractivity contribution is 0.994. The summed E-state index contributed by atoms with van der Waals surface area (Å²) in [6.07, 6.45) is 2.06. The molecule has 19 heavy (non-hydrogen) atoms. The highest BCUT2D eigenvalue weighted by Crippen LogP contribution is 2.33. The second-order valence-corrected chi connectivity index (χ2v) is 4.91. The van der Waals surface area contributed by atoms with Gasteiger partial charge in [-0.15, -0.1) is 0 Å². The molecule has 3 aromatic rings. The van der Waals surface area contributed by atoms with Gasteiger partial charge in [0.15, 0.2) is 0 Å². The fourth-order valence-corrected chi connectivity index (χ4v) is 2.51. The molecule has 1 nitrogen and oxygen atoms in total. The topological polar surface area (TPSA) is 15.8 Å². The first-order valence-corrected chi connectivity index (χ1v) is 6.57. The van der Waals surface area contributed by atoms with E-state index in [9.17, 15) is 0 Å². The second-order valence-electron chi connectivity index (χ2n) is 4.91. The molecule has 0 aliphatic carbocycles. The molecular weight excluding hydrogens is 230 g/mol. The lowest BCUT2D eigenvalue weighted by Gasteiger charge is -2.14. The maximum absolute atomic E-state index is 4.30. The molecule has 0 fully saturated rings. The number of aromatic amines is 1. The molecule has 2 aromatic carbocycles. The van der Waals surface area contributed by atoms with Gasteiger partial charge in [0.05, 0.1) is 0 Å². The summed E-state index contributed by atoms with van der Waals surface area (Å²) in [5.41, 5.74) is 4.84. The number of para-hydroxylation sites is 1. The van der Waals surface area contributed by atoms with Crippen molar-refractivity contribution < 1.29 is 0 Å². The third-order valence-corrected chi connectivity index (χ3v) is 3.76. The molecule has 94 valence electrons. The van der Waals surface area contributed by atoms with Crippen LogP contribution >= 0.6 is 0 Å². The molecular formula is C18H17N. The standard InChI is InChI=1S/C18H17N/c1-13(15-8-4-3-5-9-15)14(2)17-12-19-18-11-7-6-10-16(17)18/h3-13,19H,2H2,1H3. The van der Waals surface area contributed by atoms with E-state index in [0.717, 1.165) is 5.57 Å². The van der Waals surface area contributed by atoms with Crippen LogP contribution in [0.2, 0.25) is 0 Å². The summed E-state index contributed by atoms with van der Waals surface area (Å²) in [6, 6.07) is 18.9. The monoisotopic (exact) mass is 247 g/mol. The molecule has 0 spiro atoms. The number of benzene rings is 2. The second kappa shape index (κ2) is 4.77. The predicted octanol–water partition coefficient (Wildman–Crippen LogP) is 4.98. The van der Waals surface area contributed by atoms with Gasteiger partial charge in [-0.3, -0.25) is 0 Å². The van der Waals surface area contributed by atoms with E-state index in [2.05, 4.69) is 67.1 Å². The van der Waals surface area contributed by atoms with E-state index in [1.807, 2.05) is 12.1 Å². The quantitative estimate of drug-likeness (QED) is 0.671. The normalized spacial score (nSPS) is 12.5. The van der Waals surface area contributed by atoms with Crippen molar-refractivity contribution in [2.75, 3.05) is 0 Å². The summed E-state index contributed by atoms with van der Waals surface area (Å²) >= 11 is 0. The Balaban J connectivity index is 2.00. The van der Waals surface area contributed by atoms with Crippen LogP contribution < -0.4 is 0 Å². The highest BCUT2D eigenvalue weighted by molar-refractivity contribution is 5.93. The van der Waals surface area contributed by atoms with Crippen LogP contribution in [0.15, 0.2) is 67.4 Å². The molecule has 0 saturated carbocycles. The van der Waals surface area contributed by atoms with E-state index in [1.54, 1.807) is 0 Å². The molecule has 1 heterocycles. The van der Waals surface area contributed by atoms with Crippen LogP contribution in [0.4, 0.5) is 0 Å². The number of allylic oxidation sites excluding steroid dienone is 1. The van der Waals surface area contributed by atoms with Gasteiger partial charge < -0.3 is 4.98 Å². The van der Waals surface area contributed by atoms with Gasteiger partial charge in [-0.25, -0.2) is 0 Å². The molecule has 1 aromatic heterocycles. The smallest absolute Gasteiger partial charge is 0.0460 e. The van der Waals surface area contributed by atoms with E-state index in [-0.39, 0.29) is 0 Å². The van der Waals surface area contributed by atoms with Crippen molar-refractivity contribution in [2.24, 2.45) is 0 Å². The maximum atomic E-state index is 4.30. The number of hydrogen-bond donors (Lipinski definition) is 1. The Labute approximate surface area is 113 Å². The average Bonchev–Trinajstić information content (AvgIpc) is 2.90. The summed E-state index contributed by atoms with van der Waals surface area (Å²) in [7, 11) is 0. The summed E-state index contributed by atoms with van der Waals surface area (Å²) in [4.78, 5) is 3.31. The van der Waals surface area contributed by atoms with Gasteiger partial charge in [0.25, 0.3) is 0 Å². The maximum Gasteiger partial charge on any atom is 0.0460 e. The van der Waals surface area contributed by atoms with Crippen molar-refractivity contribution in [1.82, 2.24) is 4.98 Å². The van der Waals surface area contributed by atoms with E-state index in [4.69, 9.17) is 0 Å². The first kappa shape index (κ1) is 11.8. The van der Waals surface area contributed by atoms with Gasteiger partial charge in [-0.1, -0.05) is 62.0 Å². The first-order valence-electron chi connectivity index (χ1n) is 6.57. The van der Waals surface area contributed by atoms with Crippen LogP contribution in [0.3, 0.4) is 0 Å². The molecule has 1 unspecified atom stereocenters. The zero-order valence-corrected chi connectivity index (χ0v) is 11.1. The number of fused-ring (bicyclic) bond motifs is 1. The molecule has 0 amide bonds. The Morgan fingerprint density at radius 3 is 2.47 bits per heavy atom. The van der Waals surface area contributed by atoms with Gasteiger partial charge in [-0.05, 0) is 17.2 Å². The molecule has 0 aliphatic heterocycles. The zero-order valence-electron chi connectivity index (χ0n) is 11.1. The highest BCUT2D eigenvalue weighted by Gasteiger charge is 2.14. The third-order valence-electron chi connectivity index (χ3n) is 3.76. The molecule has 3 rings (SSSR count). The largest absolute Gasteiger partial charge is 0.361 e. The minimum absolute atomic E-state index is 0.320. The lowest BCUT2D eigenvalue weighted by atomic mass is 9.89. The fraction of sp³-hybridized carbons (Fsp3) is 0.111. The van der Waals surface area contributed by atoms with Crippen molar-refractivity contribution in [2.45, 2.75) is 12.8 Å². The lowest BCUT2D eigenvalue weighted by Crippen LogP contribution is -1.95. The average molecular weight is 247 g/mol. The predicted molar refractivity (Wildman–Crippen MR) is 82.2 cm³/mol. The number of nitrogens with one attached hydrogen (secondary N) is 1. The SMILES string of the molecule is C=C(c1c[nH]c2ccccc12)C(C)c1ccccc1. The van der Waals surface area contributed by atoms with E-state index < -0.39 is 0 Å². The zero-order chi connectivity index (χ0) is 13.2. The fourth-order valence-electron chi connectivity index (χ4n) is 2.51. The Kier molecular flexibility index (Phi) is 2.96. The van der Waals surface area contributed by atoms with Crippen LogP contribution in [0.5, 0.6) is 0 Å². The van der Waals surface area contributed by atoms with Gasteiger partial charge in [-0.2, -0.15) is 0 Å². The molecule has 0 bridgehead atoms. The molecule has 1 atom stereocenters. The van der Waals surface area contributed by atoms with Crippen molar-refractivity contribution in [3.8, 4) is 0 Å². The van der Waals surface area contributed by atoms with E-state index in [0.29, 0.717) is 5.92 Å². The van der Waals surface area contributed by atoms with Crippen LogP contribution in [-0.4, -0.2) is 4.98 Å². The number of hydrogen-bond acceptors (Lipinski definition) is 0. The van der Waals surface area contributed by atoms with Gasteiger partial charge in [0, 0.05) is 28.6 Å². The Morgan fingerprint density at radius 1 is 1.00 bits per heavy atom. The van der Waals surface area contributed by atoms with Gasteiger partial charge in [0.1, 0.15) is 0 Å². The van der Waals surface area contributed by atoms with Crippen molar-refractivity contribution in [3.63, 3.8) is 0 Å². The molecule has 1 heteroatoms. The molecule has 0 saturated heterocycles. The van der Waals surface area contributed by atoms with Crippen LogP contribution in [0.1, 0.15) is 24.0 Å².